The maximum absolute atomic E-state index is 13.3. The summed E-state index contributed by atoms with van der Waals surface area (Å²) in [6.45, 7) is 4.51. The van der Waals surface area contributed by atoms with Gasteiger partial charge in [0.15, 0.2) is 10.6 Å². The molecule has 170 valence electrons. The van der Waals surface area contributed by atoms with Gasteiger partial charge in [0.05, 0.1) is 29.9 Å². The van der Waals surface area contributed by atoms with Crippen LogP contribution < -0.4 is 16.0 Å². The van der Waals surface area contributed by atoms with E-state index in [2.05, 4.69) is 20.3 Å². The number of nitrogens with one attached hydrogen (secondary N) is 1. The van der Waals surface area contributed by atoms with Gasteiger partial charge in [0.2, 0.25) is 5.95 Å². The van der Waals surface area contributed by atoms with Gasteiger partial charge in [0, 0.05) is 12.6 Å². The summed E-state index contributed by atoms with van der Waals surface area (Å²) in [5.41, 5.74) is 7.26. The average Bonchev–Trinajstić information content (AvgIpc) is 3.16. The molecule has 0 aliphatic carbocycles. The minimum atomic E-state index is -4.60. The summed E-state index contributed by atoms with van der Waals surface area (Å²) in [6.07, 6.45) is -5.59. The van der Waals surface area contributed by atoms with Crippen LogP contribution in [0.15, 0.2) is 23.7 Å². The lowest BCUT2D eigenvalue weighted by atomic mass is 10.1. The molecule has 3 N–H and O–H groups in total. The monoisotopic (exact) mass is 467 g/mol. The van der Waals surface area contributed by atoms with Crippen LogP contribution in [0.4, 0.5) is 35.4 Å². The molecule has 0 spiro atoms. The zero-order chi connectivity index (χ0) is 23.0. The molecule has 32 heavy (non-hydrogen) atoms. The summed E-state index contributed by atoms with van der Waals surface area (Å²) in [4.78, 5) is 33.0. The lowest BCUT2D eigenvalue weighted by Crippen LogP contribution is -2.53. The highest BCUT2D eigenvalue weighted by molar-refractivity contribution is 7.16. The van der Waals surface area contributed by atoms with Crippen molar-refractivity contribution in [2.45, 2.75) is 26.1 Å². The first kappa shape index (κ1) is 22.0. The van der Waals surface area contributed by atoms with Crippen LogP contribution in [0.2, 0.25) is 0 Å². The molecular weight excluding hydrogens is 447 g/mol. The van der Waals surface area contributed by atoms with E-state index in [4.69, 9.17) is 10.6 Å². The number of fused-ring (bicyclic) bond motifs is 1. The fourth-order valence-electron chi connectivity index (χ4n) is 3.54. The molecule has 0 radical (unpaired) electrons. The fourth-order valence-corrected chi connectivity index (χ4v) is 4.20. The first-order valence-electron chi connectivity index (χ1n) is 9.67. The number of hydrogen-bond donors (Lipinski definition) is 2. The van der Waals surface area contributed by atoms with Crippen molar-refractivity contribution in [3.05, 3.63) is 34.8 Å². The summed E-state index contributed by atoms with van der Waals surface area (Å²) in [5.74, 6) is 0.736. The number of rotatable bonds is 3. The van der Waals surface area contributed by atoms with E-state index in [0.29, 0.717) is 41.4 Å². The lowest BCUT2D eigenvalue weighted by molar-refractivity contribution is -0.137. The Morgan fingerprint density at radius 3 is 2.81 bits per heavy atom. The van der Waals surface area contributed by atoms with Crippen molar-refractivity contribution >= 4 is 45.2 Å². The number of aromatic nitrogens is 3. The van der Waals surface area contributed by atoms with E-state index in [9.17, 15) is 18.0 Å². The van der Waals surface area contributed by atoms with E-state index in [1.54, 1.807) is 12.4 Å². The van der Waals surface area contributed by atoms with Crippen molar-refractivity contribution in [2.75, 3.05) is 35.6 Å². The van der Waals surface area contributed by atoms with Crippen molar-refractivity contribution in [1.29, 1.82) is 0 Å². The first-order chi connectivity index (χ1) is 15.1. The largest absolute Gasteiger partial charge is 0.430 e. The standard InChI is InChI=1S/C19H20F3N7O2S/c1-10-3-4-13(12(7-10)19(20,21)22)25-18(30)31-28-5-6-29(11(2)8-28)15-14-16(32-9-24-14)27-17(23)26-15/h3-4,7,9,11H,5-6,8H2,1-2H3,(H,25,30)(H2,23,26,27)/t11-/m0/s1. The zero-order valence-electron chi connectivity index (χ0n) is 17.2. The Labute approximate surface area is 185 Å². The molecule has 1 atom stereocenters. The molecule has 0 bridgehead atoms. The van der Waals surface area contributed by atoms with Gasteiger partial charge in [-0.05, 0) is 26.0 Å². The van der Waals surface area contributed by atoms with Gasteiger partial charge in [0.25, 0.3) is 0 Å². The van der Waals surface area contributed by atoms with E-state index >= 15 is 0 Å². The van der Waals surface area contributed by atoms with Crippen LogP contribution in [0.3, 0.4) is 0 Å². The van der Waals surface area contributed by atoms with E-state index in [0.717, 1.165) is 6.07 Å². The number of hydrogen-bond acceptors (Lipinski definition) is 9. The minimum Gasteiger partial charge on any atom is -0.368 e. The quantitative estimate of drug-likeness (QED) is 0.601. The first-order valence-corrected chi connectivity index (χ1v) is 10.5. The Kier molecular flexibility index (Phi) is 5.77. The molecule has 1 fully saturated rings. The Hall–Kier alpha value is -3.19. The van der Waals surface area contributed by atoms with Gasteiger partial charge in [-0.1, -0.05) is 11.6 Å². The predicted molar refractivity (Wildman–Crippen MR) is 114 cm³/mol. The van der Waals surface area contributed by atoms with Crippen LogP contribution in [0, 0.1) is 6.92 Å². The number of hydroxylamine groups is 2. The van der Waals surface area contributed by atoms with Gasteiger partial charge < -0.3 is 15.5 Å². The number of benzene rings is 1. The van der Waals surface area contributed by atoms with Crippen LogP contribution in [0.5, 0.6) is 0 Å². The maximum Gasteiger partial charge on any atom is 0.430 e. The molecule has 13 heteroatoms. The number of amides is 1. The second-order valence-electron chi connectivity index (χ2n) is 7.39. The molecule has 3 heterocycles. The number of piperazine rings is 1. The number of halogens is 3. The van der Waals surface area contributed by atoms with Crippen molar-refractivity contribution in [2.24, 2.45) is 0 Å². The van der Waals surface area contributed by atoms with Crippen LogP contribution in [-0.4, -0.2) is 51.8 Å². The van der Waals surface area contributed by atoms with Gasteiger partial charge in [-0.25, -0.2) is 14.8 Å². The van der Waals surface area contributed by atoms with Crippen LogP contribution in [0.25, 0.3) is 10.3 Å². The second kappa shape index (κ2) is 8.39. The maximum atomic E-state index is 13.3. The highest BCUT2D eigenvalue weighted by Gasteiger charge is 2.35. The van der Waals surface area contributed by atoms with E-state index < -0.39 is 17.8 Å². The van der Waals surface area contributed by atoms with Crippen LogP contribution >= 0.6 is 11.3 Å². The number of nitrogens with two attached hydrogens (primary N) is 1. The van der Waals surface area contributed by atoms with Gasteiger partial charge in [-0.2, -0.15) is 18.2 Å². The highest BCUT2D eigenvalue weighted by atomic mass is 32.1. The molecule has 0 unspecified atom stereocenters. The van der Waals surface area contributed by atoms with Gasteiger partial charge in [-0.3, -0.25) is 5.32 Å². The molecule has 1 amide bonds. The van der Waals surface area contributed by atoms with E-state index in [1.807, 2.05) is 11.8 Å². The normalized spacial score (nSPS) is 17.5. The summed E-state index contributed by atoms with van der Waals surface area (Å²) >= 11 is 1.36. The average molecular weight is 467 g/mol. The molecule has 4 rings (SSSR count). The Morgan fingerprint density at radius 2 is 2.09 bits per heavy atom. The summed E-state index contributed by atoms with van der Waals surface area (Å²) in [6, 6.07) is 3.53. The van der Waals surface area contributed by atoms with Crippen molar-refractivity contribution < 1.29 is 22.8 Å². The smallest absolute Gasteiger partial charge is 0.368 e. The van der Waals surface area contributed by atoms with Crippen LogP contribution in [0.1, 0.15) is 18.1 Å². The molecule has 2 aromatic heterocycles. The molecule has 1 aliphatic heterocycles. The predicted octanol–water partition coefficient (Wildman–Crippen LogP) is 3.67. The SMILES string of the molecule is Cc1ccc(NC(=O)ON2CCN(c3nc(N)nc4scnc34)[C@@H](C)C2)c(C(F)(F)F)c1. The fraction of sp³-hybridized carbons (Fsp3) is 0.368. The third kappa shape index (κ3) is 4.53. The van der Waals surface area contributed by atoms with Crippen molar-refractivity contribution in [1.82, 2.24) is 20.0 Å². The van der Waals surface area contributed by atoms with Gasteiger partial charge >= 0.3 is 12.3 Å². The summed E-state index contributed by atoms with van der Waals surface area (Å²) in [7, 11) is 0. The number of carbonyl (C=O) groups excluding carboxylic acids is 1. The number of thiazole rings is 1. The third-order valence-corrected chi connectivity index (χ3v) is 5.71. The number of anilines is 3. The number of carbonyl (C=O) groups is 1. The molecule has 1 aromatic carbocycles. The Bertz CT molecular complexity index is 1150. The lowest BCUT2D eigenvalue weighted by Gasteiger charge is -2.39. The van der Waals surface area contributed by atoms with E-state index in [1.165, 1.54) is 28.5 Å². The summed E-state index contributed by atoms with van der Waals surface area (Å²) < 4.78 is 39.8. The summed E-state index contributed by atoms with van der Waals surface area (Å²) in [5, 5.41) is 3.60. The molecular formula is C19H20F3N7O2S. The number of nitrogen functional groups attached to an aromatic ring is 1. The zero-order valence-corrected chi connectivity index (χ0v) is 18.0. The Balaban J connectivity index is 1.43. The Morgan fingerprint density at radius 1 is 1.31 bits per heavy atom. The van der Waals surface area contributed by atoms with E-state index in [-0.39, 0.29) is 17.7 Å². The minimum absolute atomic E-state index is 0.138. The second-order valence-corrected chi connectivity index (χ2v) is 8.23. The van der Waals surface area contributed by atoms with Gasteiger partial charge in [-0.15, -0.1) is 16.4 Å². The van der Waals surface area contributed by atoms with Gasteiger partial charge in [0.1, 0.15) is 5.52 Å². The third-order valence-electron chi connectivity index (χ3n) is 4.99. The molecule has 1 aliphatic rings. The number of nitrogens with zero attached hydrogens (tertiary/aromatic N) is 5. The number of alkyl halides is 3. The molecule has 3 aromatic rings. The number of aryl methyl sites for hydroxylation is 1. The molecule has 1 saturated heterocycles. The molecule has 9 nitrogen and oxygen atoms in total. The topological polar surface area (TPSA) is 110 Å². The van der Waals surface area contributed by atoms with Crippen LogP contribution in [-0.2, 0) is 11.0 Å². The molecule has 0 saturated carbocycles. The van der Waals surface area contributed by atoms with Crippen molar-refractivity contribution in [3.63, 3.8) is 0 Å². The highest BCUT2D eigenvalue weighted by Crippen LogP contribution is 2.35. The van der Waals surface area contributed by atoms with Crippen molar-refractivity contribution in [3.8, 4) is 0 Å².